The highest BCUT2D eigenvalue weighted by Gasteiger charge is 2.31. The average Bonchev–Trinajstić information content (AvgIpc) is 2.26. The molecule has 0 atom stereocenters. The molecule has 5 N–H and O–H groups in total. The molecule has 1 aromatic carbocycles. The third kappa shape index (κ3) is 2.61. The van der Waals surface area contributed by atoms with Gasteiger partial charge in [0, 0.05) is 0 Å². The summed E-state index contributed by atoms with van der Waals surface area (Å²) in [5.74, 6) is 10.0. The maximum absolute atomic E-state index is 12.3. The van der Waals surface area contributed by atoms with E-state index in [1.54, 1.807) is 5.43 Å². The second kappa shape index (κ2) is 4.37. The molecule has 0 radical (unpaired) electrons. The predicted octanol–water partition coefficient (Wildman–Crippen LogP) is 0.969. The summed E-state index contributed by atoms with van der Waals surface area (Å²) in [5, 5.41) is 0.481. The van der Waals surface area contributed by atoms with Crippen LogP contribution in [-0.2, 0) is 6.18 Å². The molecule has 1 rings (SSSR count). The van der Waals surface area contributed by atoms with Crippen LogP contribution in [0.3, 0.4) is 0 Å². The van der Waals surface area contributed by atoms with E-state index in [2.05, 4.69) is 0 Å². The van der Waals surface area contributed by atoms with Crippen LogP contribution in [0.25, 0.3) is 0 Å². The lowest BCUT2D eigenvalue weighted by Crippen LogP contribution is -2.47. The van der Waals surface area contributed by atoms with Crippen molar-refractivity contribution < 1.29 is 18.0 Å². The van der Waals surface area contributed by atoms with Crippen molar-refractivity contribution in [2.24, 2.45) is 11.7 Å². The summed E-state index contributed by atoms with van der Waals surface area (Å²) in [5.41, 5.74) is 0.691. The van der Waals surface area contributed by atoms with Crippen LogP contribution in [0.1, 0.15) is 5.56 Å². The SMILES string of the molecule is NNC(=O)N(N)c1cccc(C(F)(F)F)c1. The molecule has 0 saturated carbocycles. The van der Waals surface area contributed by atoms with Crippen LogP contribution in [0, 0.1) is 0 Å². The van der Waals surface area contributed by atoms with Gasteiger partial charge in [-0.1, -0.05) is 6.07 Å². The minimum atomic E-state index is -4.49. The Kier molecular flexibility index (Phi) is 3.35. The normalized spacial score (nSPS) is 11.1. The molecule has 0 aliphatic rings. The number of nitrogens with two attached hydrogens (primary N) is 2. The molecule has 5 nitrogen and oxygen atoms in total. The first kappa shape index (κ1) is 12.3. The van der Waals surface area contributed by atoms with Crippen LogP contribution in [0.4, 0.5) is 23.7 Å². The van der Waals surface area contributed by atoms with Crippen LogP contribution in [0.5, 0.6) is 0 Å². The Hall–Kier alpha value is -1.80. The third-order valence-electron chi connectivity index (χ3n) is 1.79. The number of halogens is 3. The molecule has 0 aliphatic heterocycles. The monoisotopic (exact) mass is 234 g/mol. The number of hydrogen-bond donors (Lipinski definition) is 3. The second-order valence-electron chi connectivity index (χ2n) is 2.87. The van der Waals surface area contributed by atoms with Crippen molar-refractivity contribution in [3.05, 3.63) is 29.8 Å². The van der Waals surface area contributed by atoms with Crippen LogP contribution in [-0.4, -0.2) is 6.03 Å². The van der Waals surface area contributed by atoms with Gasteiger partial charge in [0.1, 0.15) is 0 Å². The molecule has 0 spiro atoms. The number of carbonyl (C=O) groups is 1. The predicted molar refractivity (Wildman–Crippen MR) is 50.8 cm³/mol. The van der Waals surface area contributed by atoms with Gasteiger partial charge < -0.3 is 0 Å². The van der Waals surface area contributed by atoms with Gasteiger partial charge in [-0.25, -0.2) is 21.5 Å². The van der Waals surface area contributed by atoms with E-state index in [9.17, 15) is 18.0 Å². The maximum Gasteiger partial charge on any atom is 0.416 e. The van der Waals surface area contributed by atoms with E-state index in [-0.39, 0.29) is 5.69 Å². The molecular weight excluding hydrogens is 225 g/mol. The Morgan fingerprint density at radius 2 is 2.00 bits per heavy atom. The Morgan fingerprint density at radius 1 is 1.38 bits per heavy atom. The zero-order valence-corrected chi connectivity index (χ0v) is 7.95. The van der Waals surface area contributed by atoms with Gasteiger partial charge in [0.15, 0.2) is 0 Å². The fourth-order valence-corrected chi connectivity index (χ4v) is 1.02. The van der Waals surface area contributed by atoms with Gasteiger partial charge in [-0.05, 0) is 18.2 Å². The zero-order chi connectivity index (χ0) is 12.3. The summed E-state index contributed by atoms with van der Waals surface area (Å²) in [6.45, 7) is 0. The third-order valence-corrected chi connectivity index (χ3v) is 1.79. The minimum Gasteiger partial charge on any atom is -0.274 e. The van der Waals surface area contributed by atoms with E-state index in [4.69, 9.17) is 11.7 Å². The number of rotatable bonds is 1. The van der Waals surface area contributed by atoms with Gasteiger partial charge in [-0.3, -0.25) is 5.43 Å². The smallest absolute Gasteiger partial charge is 0.274 e. The summed E-state index contributed by atoms with van der Waals surface area (Å²) in [4.78, 5) is 11.0. The molecule has 0 fully saturated rings. The number of hydrogen-bond acceptors (Lipinski definition) is 3. The van der Waals surface area contributed by atoms with E-state index in [0.29, 0.717) is 5.01 Å². The van der Waals surface area contributed by atoms with Crippen molar-refractivity contribution in [2.45, 2.75) is 6.18 Å². The second-order valence-corrected chi connectivity index (χ2v) is 2.87. The Balaban J connectivity index is 3.04. The Labute approximate surface area is 88.7 Å². The highest BCUT2D eigenvalue weighted by atomic mass is 19.4. The van der Waals surface area contributed by atoms with Crippen molar-refractivity contribution in [3.8, 4) is 0 Å². The molecule has 0 aromatic heterocycles. The molecule has 8 heteroatoms. The lowest BCUT2D eigenvalue weighted by atomic mass is 10.2. The van der Waals surface area contributed by atoms with Gasteiger partial charge in [0.25, 0.3) is 0 Å². The highest BCUT2D eigenvalue weighted by molar-refractivity contribution is 5.90. The molecule has 0 aliphatic carbocycles. The van der Waals surface area contributed by atoms with Gasteiger partial charge in [-0.2, -0.15) is 13.2 Å². The molecular formula is C8H9F3N4O. The van der Waals surface area contributed by atoms with Crippen molar-refractivity contribution in [1.29, 1.82) is 0 Å². The van der Waals surface area contributed by atoms with Crippen molar-refractivity contribution in [3.63, 3.8) is 0 Å². The first-order valence-corrected chi connectivity index (χ1v) is 4.09. The molecule has 0 heterocycles. The number of anilines is 1. The number of urea groups is 1. The number of hydrazine groups is 2. The topological polar surface area (TPSA) is 84.4 Å². The summed E-state index contributed by atoms with van der Waals surface area (Å²) in [7, 11) is 0. The maximum atomic E-state index is 12.3. The fourth-order valence-electron chi connectivity index (χ4n) is 1.02. The lowest BCUT2D eigenvalue weighted by molar-refractivity contribution is -0.137. The summed E-state index contributed by atoms with van der Waals surface area (Å²) in [6, 6.07) is 3.10. The number of nitrogens with zero attached hydrogens (tertiary/aromatic N) is 1. The fraction of sp³-hybridized carbons (Fsp3) is 0.125. The number of carbonyl (C=O) groups excluding carboxylic acids is 1. The zero-order valence-electron chi connectivity index (χ0n) is 7.95. The van der Waals surface area contributed by atoms with Gasteiger partial charge in [0.05, 0.1) is 11.3 Å². The molecule has 0 unspecified atom stereocenters. The van der Waals surface area contributed by atoms with Crippen molar-refractivity contribution >= 4 is 11.7 Å². The lowest BCUT2D eigenvalue weighted by Gasteiger charge is -2.17. The average molecular weight is 234 g/mol. The van der Waals surface area contributed by atoms with Gasteiger partial charge >= 0.3 is 12.2 Å². The Morgan fingerprint density at radius 3 is 2.50 bits per heavy atom. The van der Waals surface area contributed by atoms with Crippen LogP contribution in [0.2, 0.25) is 0 Å². The number of nitrogens with one attached hydrogen (secondary N) is 1. The molecule has 0 saturated heterocycles. The van der Waals surface area contributed by atoms with Crippen LogP contribution in [0.15, 0.2) is 24.3 Å². The van der Waals surface area contributed by atoms with Crippen molar-refractivity contribution in [2.75, 3.05) is 5.01 Å². The molecule has 16 heavy (non-hydrogen) atoms. The van der Waals surface area contributed by atoms with E-state index in [1.807, 2.05) is 0 Å². The van der Waals surface area contributed by atoms with E-state index in [1.165, 1.54) is 6.07 Å². The van der Waals surface area contributed by atoms with E-state index >= 15 is 0 Å². The van der Waals surface area contributed by atoms with Gasteiger partial charge in [0.2, 0.25) is 0 Å². The summed E-state index contributed by atoms with van der Waals surface area (Å²) in [6.07, 6.45) is -4.49. The Bertz CT molecular complexity index is 393. The first-order valence-electron chi connectivity index (χ1n) is 4.09. The van der Waals surface area contributed by atoms with Crippen LogP contribution < -0.4 is 22.1 Å². The van der Waals surface area contributed by atoms with E-state index < -0.39 is 17.8 Å². The molecule has 88 valence electrons. The first-order chi connectivity index (χ1) is 7.36. The minimum absolute atomic E-state index is 0.113. The van der Waals surface area contributed by atoms with Crippen molar-refractivity contribution in [1.82, 2.24) is 5.43 Å². The molecule has 0 bridgehead atoms. The number of benzene rings is 1. The van der Waals surface area contributed by atoms with Gasteiger partial charge in [-0.15, -0.1) is 0 Å². The summed E-state index contributed by atoms with van der Waals surface area (Å²) >= 11 is 0. The standard InChI is InChI=1S/C8H9F3N4O/c9-8(10,11)5-2-1-3-6(4-5)15(13)7(16)14-12/h1-4H,12-13H2,(H,14,16). The molecule has 1 aromatic rings. The number of alkyl halides is 3. The quantitative estimate of drug-likeness (QED) is 0.384. The van der Waals surface area contributed by atoms with Crippen LogP contribution >= 0.6 is 0 Å². The number of amides is 2. The summed E-state index contributed by atoms with van der Waals surface area (Å²) < 4.78 is 37.0. The largest absolute Gasteiger partial charge is 0.416 e. The molecule has 2 amide bonds. The van der Waals surface area contributed by atoms with E-state index in [0.717, 1.165) is 18.2 Å². The highest BCUT2D eigenvalue weighted by Crippen LogP contribution is 2.31.